The lowest BCUT2D eigenvalue weighted by Crippen LogP contribution is -2.20. The summed E-state index contributed by atoms with van der Waals surface area (Å²) in [7, 11) is 1.62. The van der Waals surface area contributed by atoms with E-state index in [0.29, 0.717) is 12.2 Å². The number of methoxy groups -OCH3 is 1. The van der Waals surface area contributed by atoms with E-state index in [-0.39, 0.29) is 5.82 Å². The molecular formula is C16H17FN2O. The molecule has 3 rings (SSSR count). The van der Waals surface area contributed by atoms with Crippen LogP contribution in [-0.4, -0.2) is 13.7 Å². The summed E-state index contributed by atoms with van der Waals surface area (Å²) in [5.74, 6) is 0.553. The molecule has 4 heteroatoms. The summed E-state index contributed by atoms with van der Waals surface area (Å²) in [5.41, 5.74) is 9.94. The first-order chi connectivity index (χ1) is 9.67. The number of nitrogens with two attached hydrogens (primary N) is 1. The molecule has 0 amide bonds. The maximum absolute atomic E-state index is 13.4. The third kappa shape index (κ3) is 2.29. The average Bonchev–Trinajstić information content (AvgIpc) is 2.83. The molecule has 0 atom stereocenters. The predicted molar refractivity (Wildman–Crippen MR) is 78.6 cm³/mol. The molecule has 0 aliphatic carbocycles. The molecule has 1 aliphatic rings. The van der Waals surface area contributed by atoms with Crippen molar-refractivity contribution in [1.82, 2.24) is 0 Å². The predicted octanol–water partition coefficient (Wildman–Crippen LogP) is 2.98. The standard InChI is InChI=1S/C16H17FN2O/c1-20-14-5-3-12(15(18)9-14)10-19-7-6-11-2-4-13(17)8-16(11)19/h2-5,8-9H,6-7,10,18H2,1H3. The van der Waals surface area contributed by atoms with Gasteiger partial charge >= 0.3 is 0 Å². The molecule has 20 heavy (non-hydrogen) atoms. The van der Waals surface area contributed by atoms with Crippen LogP contribution in [0.25, 0.3) is 0 Å². The van der Waals surface area contributed by atoms with Crippen molar-refractivity contribution in [2.24, 2.45) is 0 Å². The third-order valence-electron chi connectivity index (χ3n) is 3.75. The van der Waals surface area contributed by atoms with Crippen LogP contribution in [-0.2, 0) is 13.0 Å². The summed E-state index contributed by atoms with van der Waals surface area (Å²) in [4.78, 5) is 2.16. The number of ether oxygens (including phenoxy) is 1. The number of hydrogen-bond donors (Lipinski definition) is 1. The molecule has 1 heterocycles. The fraction of sp³-hybridized carbons (Fsp3) is 0.250. The van der Waals surface area contributed by atoms with Gasteiger partial charge in [0.1, 0.15) is 11.6 Å². The van der Waals surface area contributed by atoms with Crippen molar-refractivity contribution >= 4 is 11.4 Å². The molecule has 104 valence electrons. The van der Waals surface area contributed by atoms with Crippen LogP contribution < -0.4 is 15.4 Å². The summed E-state index contributed by atoms with van der Waals surface area (Å²) in [5, 5.41) is 0. The number of nitrogens with zero attached hydrogens (tertiary/aromatic N) is 1. The molecule has 2 N–H and O–H groups in total. The van der Waals surface area contributed by atoms with Crippen LogP contribution in [0.1, 0.15) is 11.1 Å². The van der Waals surface area contributed by atoms with Gasteiger partial charge in [-0.2, -0.15) is 0 Å². The molecule has 0 unspecified atom stereocenters. The molecule has 0 spiro atoms. The number of rotatable bonds is 3. The van der Waals surface area contributed by atoms with E-state index >= 15 is 0 Å². The molecule has 0 saturated heterocycles. The lowest BCUT2D eigenvalue weighted by Gasteiger charge is -2.20. The zero-order valence-corrected chi connectivity index (χ0v) is 11.4. The van der Waals surface area contributed by atoms with Crippen LogP contribution >= 0.6 is 0 Å². The maximum Gasteiger partial charge on any atom is 0.125 e. The zero-order chi connectivity index (χ0) is 14.1. The number of halogens is 1. The van der Waals surface area contributed by atoms with Gasteiger partial charge in [0.05, 0.1) is 7.11 Å². The Morgan fingerprint density at radius 2 is 2.10 bits per heavy atom. The Labute approximate surface area is 117 Å². The van der Waals surface area contributed by atoms with Gasteiger partial charge in [0.2, 0.25) is 0 Å². The van der Waals surface area contributed by atoms with Gasteiger partial charge in [-0.1, -0.05) is 12.1 Å². The Hall–Kier alpha value is -2.23. The zero-order valence-electron chi connectivity index (χ0n) is 11.4. The first-order valence-corrected chi connectivity index (χ1v) is 6.63. The van der Waals surface area contributed by atoms with Crippen LogP contribution in [0.2, 0.25) is 0 Å². The highest BCUT2D eigenvalue weighted by Crippen LogP contribution is 2.31. The Balaban J connectivity index is 1.85. The Bertz CT molecular complexity index is 642. The number of fused-ring (bicyclic) bond motifs is 1. The molecule has 0 fully saturated rings. The monoisotopic (exact) mass is 272 g/mol. The molecule has 0 radical (unpaired) electrons. The molecular weight excluding hydrogens is 255 g/mol. The number of anilines is 2. The minimum absolute atomic E-state index is 0.196. The Morgan fingerprint density at radius 1 is 1.25 bits per heavy atom. The van der Waals surface area contributed by atoms with Crippen molar-refractivity contribution in [2.75, 3.05) is 24.3 Å². The minimum atomic E-state index is -0.196. The molecule has 0 aromatic heterocycles. The molecule has 1 aliphatic heterocycles. The van der Waals surface area contributed by atoms with Crippen LogP contribution in [0.4, 0.5) is 15.8 Å². The van der Waals surface area contributed by atoms with Crippen molar-refractivity contribution in [3.8, 4) is 5.75 Å². The number of nitrogen functional groups attached to an aromatic ring is 1. The van der Waals surface area contributed by atoms with Crippen LogP contribution in [0.5, 0.6) is 5.75 Å². The molecule has 2 aromatic carbocycles. The summed E-state index contributed by atoms with van der Waals surface area (Å²) >= 11 is 0. The van der Waals surface area contributed by atoms with Crippen LogP contribution in [0, 0.1) is 5.82 Å². The lowest BCUT2D eigenvalue weighted by atomic mass is 10.1. The highest BCUT2D eigenvalue weighted by molar-refractivity contribution is 5.60. The molecule has 0 saturated carbocycles. The van der Waals surface area contributed by atoms with Crippen LogP contribution in [0.3, 0.4) is 0 Å². The molecule has 0 bridgehead atoms. The Kier molecular flexibility index (Phi) is 3.22. The van der Waals surface area contributed by atoms with Crippen molar-refractivity contribution in [2.45, 2.75) is 13.0 Å². The van der Waals surface area contributed by atoms with E-state index in [2.05, 4.69) is 4.90 Å². The summed E-state index contributed by atoms with van der Waals surface area (Å²) < 4.78 is 18.5. The van der Waals surface area contributed by atoms with E-state index in [1.807, 2.05) is 24.3 Å². The second-order valence-electron chi connectivity index (χ2n) is 5.01. The van der Waals surface area contributed by atoms with Gasteiger partial charge in [0.15, 0.2) is 0 Å². The van der Waals surface area contributed by atoms with Gasteiger partial charge in [-0.15, -0.1) is 0 Å². The van der Waals surface area contributed by atoms with E-state index in [9.17, 15) is 4.39 Å². The van der Waals surface area contributed by atoms with E-state index in [1.54, 1.807) is 13.2 Å². The van der Waals surface area contributed by atoms with E-state index in [4.69, 9.17) is 10.5 Å². The SMILES string of the molecule is COc1ccc(CN2CCc3ccc(F)cc32)c(N)c1. The molecule has 3 nitrogen and oxygen atoms in total. The van der Waals surface area contributed by atoms with E-state index in [1.165, 1.54) is 11.6 Å². The van der Waals surface area contributed by atoms with E-state index < -0.39 is 0 Å². The fourth-order valence-corrected chi connectivity index (χ4v) is 2.63. The quantitative estimate of drug-likeness (QED) is 0.873. The summed E-state index contributed by atoms with van der Waals surface area (Å²) in [6.45, 7) is 1.58. The van der Waals surface area contributed by atoms with Gasteiger partial charge in [0, 0.05) is 30.5 Å². The number of benzene rings is 2. The second kappa shape index (κ2) is 5.04. The first-order valence-electron chi connectivity index (χ1n) is 6.63. The largest absolute Gasteiger partial charge is 0.497 e. The van der Waals surface area contributed by atoms with Crippen molar-refractivity contribution in [1.29, 1.82) is 0 Å². The van der Waals surface area contributed by atoms with Gasteiger partial charge in [-0.25, -0.2) is 4.39 Å². The topological polar surface area (TPSA) is 38.5 Å². The summed E-state index contributed by atoms with van der Waals surface area (Å²) in [6, 6.07) is 10.7. The smallest absolute Gasteiger partial charge is 0.125 e. The second-order valence-corrected chi connectivity index (χ2v) is 5.01. The number of hydrogen-bond acceptors (Lipinski definition) is 3. The first kappa shape index (κ1) is 12.8. The van der Waals surface area contributed by atoms with Gasteiger partial charge in [0.25, 0.3) is 0 Å². The van der Waals surface area contributed by atoms with Gasteiger partial charge in [-0.3, -0.25) is 0 Å². The fourth-order valence-electron chi connectivity index (χ4n) is 2.63. The molecule has 2 aromatic rings. The van der Waals surface area contributed by atoms with Crippen molar-refractivity contribution in [3.63, 3.8) is 0 Å². The van der Waals surface area contributed by atoms with Gasteiger partial charge in [-0.05, 0) is 35.7 Å². The average molecular weight is 272 g/mol. The highest BCUT2D eigenvalue weighted by atomic mass is 19.1. The van der Waals surface area contributed by atoms with Crippen LogP contribution in [0.15, 0.2) is 36.4 Å². The maximum atomic E-state index is 13.4. The normalized spacial score (nSPS) is 13.4. The third-order valence-corrected chi connectivity index (χ3v) is 3.75. The Morgan fingerprint density at radius 3 is 2.85 bits per heavy atom. The van der Waals surface area contributed by atoms with Gasteiger partial charge < -0.3 is 15.4 Å². The lowest BCUT2D eigenvalue weighted by molar-refractivity contribution is 0.415. The minimum Gasteiger partial charge on any atom is -0.497 e. The summed E-state index contributed by atoms with van der Waals surface area (Å²) in [6.07, 6.45) is 0.950. The highest BCUT2D eigenvalue weighted by Gasteiger charge is 2.20. The van der Waals surface area contributed by atoms with Crippen molar-refractivity contribution in [3.05, 3.63) is 53.3 Å². The van der Waals surface area contributed by atoms with E-state index in [0.717, 1.165) is 30.0 Å². The van der Waals surface area contributed by atoms with Crippen molar-refractivity contribution < 1.29 is 9.13 Å².